The monoisotopic (exact) mass is 440 g/mol. The molecular formula is C27H32N6. The van der Waals surface area contributed by atoms with Crippen LogP contribution in [0.3, 0.4) is 0 Å². The molecule has 3 rings (SSSR count). The van der Waals surface area contributed by atoms with Crippen LogP contribution in [0.4, 0.5) is 5.69 Å². The second-order valence-electron chi connectivity index (χ2n) is 8.14. The van der Waals surface area contributed by atoms with Gasteiger partial charge in [0, 0.05) is 34.9 Å². The van der Waals surface area contributed by atoms with Gasteiger partial charge in [-0.15, -0.1) is 0 Å². The molecule has 170 valence electrons. The Balaban J connectivity index is 1.98. The first-order chi connectivity index (χ1) is 15.8. The summed E-state index contributed by atoms with van der Waals surface area (Å²) in [6.07, 6.45) is 13.4. The van der Waals surface area contributed by atoms with E-state index in [1.54, 1.807) is 12.3 Å². The van der Waals surface area contributed by atoms with Crippen LogP contribution in [0.25, 0.3) is 35.2 Å². The lowest BCUT2D eigenvalue weighted by Gasteiger charge is -2.14. The highest BCUT2D eigenvalue weighted by molar-refractivity contribution is 5.88. The van der Waals surface area contributed by atoms with Gasteiger partial charge in [0.25, 0.3) is 0 Å². The molecule has 0 amide bonds. The highest BCUT2D eigenvalue weighted by Crippen LogP contribution is 2.20. The maximum Gasteiger partial charge on any atom is 0.116 e. The molecule has 0 aliphatic heterocycles. The number of aromatic amines is 2. The number of hydrogen-bond acceptors (Lipinski definition) is 4. The van der Waals surface area contributed by atoms with E-state index in [9.17, 15) is 0 Å². The molecule has 0 fully saturated rings. The molecular weight excluding hydrogens is 408 g/mol. The molecule has 0 aliphatic carbocycles. The predicted octanol–water partition coefficient (Wildman–Crippen LogP) is 4.09. The van der Waals surface area contributed by atoms with Crippen molar-refractivity contribution in [1.82, 2.24) is 25.1 Å². The number of allylic oxidation sites excluding steroid dienone is 3. The summed E-state index contributed by atoms with van der Waals surface area (Å²) in [7, 11) is 4.01. The fourth-order valence-corrected chi connectivity index (χ4v) is 3.55. The lowest BCUT2D eigenvalue weighted by atomic mass is 10.1. The average molecular weight is 441 g/mol. The maximum atomic E-state index is 4.57. The number of aryl methyl sites for hydroxylation is 1. The van der Waals surface area contributed by atoms with Crippen molar-refractivity contribution in [3.63, 3.8) is 0 Å². The minimum Gasteiger partial charge on any atom is -0.357 e. The smallest absolute Gasteiger partial charge is 0.116 e. The van der Waals surface area contributed by atoms with Crippen molar-refractivity contribution in [3.8, 4) is 11.4 Å². The van der Waals surface area contributed by atoms with E-state index in [1.165, 1.54) is 0 Å². The standard InChI is InChI=1S/C27H32N6/c1-8-10-11-21-14-26(30-20(21)5)27-24(25(9-2)31-32-27)12-18(3)22-13-23(16-28-15-22)29-19(4)17-33(6)7/h8-16,29-31H,1,3-4,17H2,2,5-7H3/b11-10-,24-12+,25-9+. The SMILES string of the molecule is C=C/C=C\c1cc(-c2n[nH]c(=C/C)/c2=C\C(=C)c2cncc(NC(=C)CN(C)C)c2)[nH]c1C. The zero-order chi connectivity index (χ0) is 24.0. The van der Waals surface area contributed by atoms with Crippen molar-refractivity contribution >= 4 is 29.5 Å². The number of aromatic nitrogens is 4. The topological polar surface area (TPSA) is 72.6 Å². The normalized spacial score (nSPS) is 12.6. The molecule has 0 saturated heterocycles. The van der Waals surface area contributed by atoms with E-state index in [-0.39, 0.29) is 0 Å². The van der Waals surface area contributed by atoms with E-state index in [4.69, 9.17) is 0 Å². The Kier molecular flexibility index (Phi) is 7.64. The third-order valence-corrected chi connectivity index (χ3v) is 5.10. The number of pyridine rings is 1. The molecule has 3 N–H and O–H groups in total. The Morgan fingerprint density at radius 2 is 2.00 bits per heavy atom. The molecule has 0 atom stereocenters. The van der Waals surface area contributed by atoms with Crippen LogP contribution in [-0.4, -0.2) is 45.7 Å². The van der Waals surface area contributed by atoms with Crippen LogP contribution >= 0.6 is 0 Å². The summed E-state index contributed by atoms with van der Waals surface area (Å²) >= 11 is 0. The van der Waals surface area contributed by atoms with Crippen LogP contribution in [0.1, 0.15) is 23.7 Å². The Morgan fingerprint density at radius 1 is 1.21 bits per heavy atom. The van der Waals surface area contributed by atoms with Crippen molar-refractivity contribution in [2.75, 3.05) is 26.0 Å². The van der Waals surface area contributed by atoms with Gasteiger partial charge in [0.1, 0.15) is 5.69 Å². The first-order valence-corrected chi connectivity index (χ1v) is 10.8. The van der Waals surface area contributed by atoms with Crippen molar-refractivity contribution < 1.29 is 0 Å². The number of nitrogens with one attached hydrogen (secondary N) is 3. The van der Waals surface area contributed by atoms with Gasteiger partial charge in [0.2, 0.25) is 0 Å². The summed E-state index contributed by atoms with van der Waals surface area (Å²) in [4.78, 5) is 9.88. The number of anilines is 1. The molecule has 0 unspecified atom stereocenters. The van der Waals surface area contributed by atoms with Crippen LogP contribution in [0, 0.1) is 6.92 Å². The van der Waals surface area contributed by atoms with Crippen molar-refractivity contribution in [3.05, 3.63) is 89.5 Å². The van der Waals surface area contributed by atoms with Gasteiger partial charge >= 0.3 is 0 Å². The molecule has 3 aromatic rings. The van der Waals surface area contributed by atoms with Gasteiger partial charge in [0.15, 0.2) is 0 Å². The minimum absolute atomic E-state index is 0.741. The third kappa shape index (κ3) is 5.87. The maximum absolute atomic E-state index is 4.57. The van der Waals surface area contributed by atoms with Gasteiger partial charge in [-0.1, -0.05) is 44.0 Å². The highest BCUT2D eigenvalue weighted by atomic mass is 15.1. The van der Waals surface area contributed by atoms with Gasteiger partial charge < -0.3 is 15.2 Å². The third-order valence-electron chi connectivity index (χ3n) is 5.10. The molecule has 6 nitrogen and oxygen atoms in total. The van der Waals surface area contributed by atoms with Gasteiger partial charge in [0.05, 0.1) is 22.9 Å². The van der Waals surface area contributed by atoms with E-state index in [1.807, 2.05) is 64.5 Å². The van der Waals surface area contributed by atoms with E-state index in [0.717, 1.165) is 62.3 Å². The molecule has 0 aliphatic rings. The van der Waals surface area contributed by atoms with E-state index in [0.29, 0.717) is 0 Å². The lowest BCUT2D eigenvalue weighted by molar-refractivity contribution is 0.447. The van der Waals surface area contributed by atoms with Gasteiger partial charge in [-0.3, -0.25) is 10.1 Å². The Morgan fingerprint density at radius 3 is 2.70 bits per heavy atom. The summed E-state index contributed by atoms with van der Waals surface area (Å²) in [5, 5.41) is 12.9. The highest BCUT2D eigenvalue weighted by Gasteiger charge is 2.11. The number of nitrogens with zero attached hydrogens (tertiary/aromatic N) is 3. The fourth-order valence-electron chi connectivity index (χ4n) is 3.55. The Hall–Kier alpha value is -3.90. The first-order valence-electron chi connectivity index (χ1n) is 10.8. The van der Waals surface area contributed by atoms with Gasteiger partial charge in [-0.2, -0.15) is 5.10 Å². The summed E-state index contributed by atoms with van der Waals surface area (Å²) in [6.45, 7) is 16.9. The summed E-state index contributed by atoms with van der Waals surface area (Å²) < 4.78 is 0. The Labute approximate surface area is 195 Å². The van der Waals surface area contributed by atoms with Crippen molar-refractivity contribution in [1.29, 1.82) is 0 Å². The first kappa shape index (κ1) is 23.8. The second-order valence-corrected chi connectivity index (χ2v) is 8.14. The summed E-state index contributed by atoms with van der Waals surface area (Å²) in [5.41, 5.74) is 7.48. The number of likely N-dealkylation sites (N-methyl/N-ethyl adjacent to an activating group) is 1. The second kappa shape index (κ2) is 10.6. The quantitative estimate of drug-likeness (QED) is 0.438. The fraction of sp³-hybridized carbons (Fsp3) is 0.185. The zero-order valence-electron chi connectivity index (χ0n) is 19.9. The number of H-pyrrole nitrogens is 2. The molecule has 0 bridgehead atoms. The number of hydrogen-bond donors (Lipinski definition) is 3. The molecule has 33 heavy (non-hydrogen) atoms. The van der Waals surface area contributed by atoms with Gasteiger partial charge in [-0.25, -0.2) is 0 Å². The zero-order valence-corrected chi connectivity index (χ0v) is 19.9. The van der Waals surface area contributed by atoms with E-state index >= 15 is 0 Å². The lowest BCUT2D eigenvalue weighted by Crippen LogP contribution is -2.23. The van der Waals surface area contributed by atoms with Crippen LogP contribution < -0.4 is 15.9 Å². The van der Waals surface area contributed by atoms with Crippen LogP contribution in [-0.2, 0) is 0 Å². The largest absolute Gasteiger partial charge is 0.357 e. The molecule has 0 spiro atoms. The minimum atomic E-state index is 0.741. The van der Waals surface area contributed by atoms with E-state index < -0.39 is 0 Å². The van der Waals surface area contributed by atoms with Crippen LogP contribution in [0.2, 0.25) is 0 Å². The molecule has 3 heterocycles. The molecule has 0 radical (unpaired) electrons. The summed E-state index contributed by atoms with van der Waals surface area (Å²) in [5.74, 6) is 0. The average Bonchev–Trinajstić information content (AvgIpc) is 3.34. The van der Waals surface area contributed by atoms with Gasteiger partial charge in [-0.05, 0) is 57.3 Å². The van der Waals surface area contributed by atoms with Crippen LogP contribution in [0.5, 0.6) is 0 Å². The van der Waals surface area contributed by atoms with Crippen molar-refractivity contribution in [2.45, 2.75) is 13.8 Å². The molecule has 0 aromatic carbocycles. The number of rotatable bonds is 9. The summed E-state index contributed by atoms with van der Waals surface area (Å²) in [6, 6.07) is 4.12. The predicted molar refractivity (Wildman–Crippen MR) is 141 cm³/mol. The molecule has 3 aromatic heterocycles. The van der Waals surface area contributed by atoms with Crippen molar-refractivity contribution in [2.24, 2.45) is 0 Å². The Bertz CT molecular complexity index is 1320. The molecule has 0 saturated carbocycles. The van der Waals surface area contributed by atoms with Crippen LogP contribution in [0.15, 0.2) is 62.1 Å². The molecule has 6 heteroatoms. The van der Waals surface area contributed by atoms with E-state index in [2.05, 4.69) is 56.2 Å².